The normalized spacial score (nSPS) is 14.7. The largest absolute Gasteiger partial charge is 0.208 e. The number of hydrogen-bond donors (Lipinski definition) is 0. The van der Waals surface area contributed by atoms with Crippen molar-refractivity contribution in [2.45, 2.75) is 24.7 Å². The summed E-state index contributed by atoms with van der Waals surface area (Å²) in [6.07, 6.45) is 17.2. The van der Waals surface area contributed by atoms with Crippen molar-refractivity contribution in [1.29, 1.82) is 0 Å². The van der Waals surface area contributed by atoms with Crippen molar-refractivity contribution >= 4 is 5.57 Å². The average molecular weight is 1000 g/mol. The summed E-state index contributed by atoms with van der Waals surface area (Å²) >= 11 is 0. The highest BCUT2D eigenvalue weighted by Crippen LogP contribution is 2.38. The molecular formula is C72H52N6. The molecule has 0 amide bonds. The van der Waals surface area contributed by atoms with E-state index in [4.69, 9.17) is 29.9 Å². The molecule has 0 saturated carbocycles. The summed E-state index contributed by atoms with van der Waals surface area (Å²) in [5.74, 6) is 4.15. The Morgan fingerprint density at radius 2 is 0.577 bits per heavy atom. The van der Waals surface area contributed by atoms with Crippen LogP contribution in [0.25, 0.3) is 107 Å². The van der Waals surface area contributed by atoms with Crippen LogP contribution < -0.4 is 0 Å². The third kappa shape index (κ3) is 10.4. The molecule has 2 aliphatic rings. The van der Waals surface area contributed by atoms with Crippen molar-refractivity contribution in [2.24, 2.45) is 0 Å². The molecule has 11 aromatic rings. The highest BCUT2D eigenvalue weighted by Gasteiger charge is 2.21. The Morgan fingerprint density at radius 3 is 0.974 bits per heavy atom. The molecule has 0 radical (unpaired) electrons. The van der Waals surface area contributed by atoms with Crippen molar-refractivity contribution in [3.05, 3.63) is 296 Å². The number of nitrogens with zero attached hydrogens (tertiary/aromatic N) is 6. The molecule has 0 fully saturated rings. The first-order chi connectivity index (χ1) is 38.6. The molecule has 0 saturated heterocycles. The first kappa shape index (κ1) is 47.7. The summed E-state index contributed by atoms with van der Waals surface area (Å²) < 4.78 is 0. The van der Waals surface area contributed by atoms with E-state index < -0.39 is 0 Å². The highest BCUT2D eigenvalue weighted by atomic mass is 15.0. The Kier molecular flexibility index (Phi) is 13.2. The molecule has 2 aromatic heterocycles. The third-order valence-corrected chi connectivity index (χ3v) is 14.7. The minimum Gasteiger partial charge on any atom is -0.208 e. The van der Waals surface area contributed by atoms with E-state index in [0.717, 1.165) is 85.2 Å². The lowest BCUT2D eigenvalue weighted by Crippen LogP contribution is -2.04. The SMILES string of the molecule is C1=CCC(c2cccc(-c3nc(-c4cccc(C5=CC=CC(c6cccc(-c7nc(-c8cccc(-c9ccccc9)c8)nc(-c8cccc(-c9ccccc9)c8)n7)c6)C5)c4)nc(-c4cccc(-c5ccccc5)c4)n3)c2)C=C1. The van der Waals surface area contributed by atoms with Crippen LogP contribution in [-0.2, 0) is 0 Å². The Labute approximate surface area is 455 Å². The van der Waals surface area contributed by atoms with Gasteiger partial charge in [-0.05, 0) is 105 Å². The van der Waals surface area contributed by atoms with Crippen LogP contribution in [0.1, 0.15) is 41.4 Å². The van der Waals surface area contributed by atoms with Crippen LogP contribution in [-0.4, -0.2) is 29.9 Å². The topological polar surface area (TPSA) is 77.3 Å². The molecular weight excluding hydrogens is 949 g/mol. The van der Waals surface area contributed by atoms with E-state index in [1.54, 1.807) is 0 Å². The summed E-state index contributed by atoms with van der Waals surface area (Å²) in [5, 5.41) is 0. The lowest BCUT2D eigenvalue weighted by atomic mass is 9.84. The van der Waals surface area contributed by atoms with Crippen LogP contribution >= 0.6 is 0 Å². The van der Waals surface area contributed by atoms with Gasteiger partial charge in [0.2, 0.25) is 0 Å². The first-order valence-electron chi connectivity index (χ1n) is 26.6. The molecule has 6 nitrogen and oxygen atoms in total. The maximum Gasteiger partial charge on any atom is 0.164 e. The second-order valence-electron chi connectivity index (χ2n) is 19.8. The minimum atomic E-state index is 0.105. The highest BCUT2D eigenvalue weighted by molar-refractivity contribution is 5.78. The van der Waals surface area contributed by atoms with Gasteiger partial charge in [-0.25, -0.2) is 29.9 Å². The van der Waals surface area contributed by atoms with Crippen molar-refractivity contribution in [1.82, 2.24) is 29.9 Å². The molecule has 0 spiro atoms. The molecule has 13 rings (SSSR count). The van der Waals surface area contributed by atoms with Crippen LogP contribution in [0.3, 0.4) is 0 Å². The maximum absolute atomic E-state index is 5.24. The molecule has 2 aliphatic carbocycles. The first-order valence-corrected chi connectivity index (χ1v) is 26.6. The van der Waals surface area contributed by atoms with Gasteiger partial charge in [0.25, 0.3) is 0 Å². The fraction of sp³-hybridized carbons (Fsp3) is 0.0556. The van der Waals surface area contributed by atoms with Gasteiger partial charge in [-0.15, -0.1) is 0 Å². The van der Waals surface area contributed by atoms with Crippen LogP contribution in [0.5, 0.6) is 0 Å². The van der Waals surface area contributed by atoms with E-state index in [0.29, 0.717) is 40.9 Å². The molecule has 2 unspecified atom stereocenters. The van der Waals surface area contributed by atoms with Gasteiger partial charge in [0.15, 0.2) is 34.9 Å². The van der Waals surface area contributed by atoms with Gasteiger partial charge in [0, 0.05) is 45.2 Å². The number of hydrogen-bond acceptors (Lipinski definition) is 6. The smallest absolute Gasteiger partial charge is 0.164 e. The predicted molar refractivity (Wildman–Crippen MR) is 319 cm³/mol. The minimum absolute atomic E-state index is 0.105. The van der Waals surface area contributed by atoms with Crippen LogP contribution in [0.15, 0.2) is 279 Å². The molecule has 78 heavy (non-hydrogen) atoms. The zero-order chi connectivity index (χ0) is 52.0. The predicted octanol–water partition coefficient (Wildman–Crippen LogP) is 17.8. The molecule has 0 N–H and O–H groups in total. The lowest BCUT2D eigenvalue weighted by Gasteiger charge is -2.20. The number of aromatic nitrogens is 6. The van der Waals surface area contributed by atoms with E-state index in [-0.39, 0.29) is 5.92 Å². The zero-order valence-corrected chi connectivity index (χ0v) is 42.8. The van der Waals surface area contributed by atoms with E-state index in [9.17, 15) is 0 Å². The number of benzene rings is 9. The van der Waals surface area contributed by atoms with Gasteiger partial charge in [-0.1, -0.05) is 243 Å². The molecule has 9 aromatic carbocycles. The summed E-state index contributed by atoms with van der Waals surface area (Å²) in [7, 11) is 0. The molecule has 0 aliphatic heterocycles. The van der Waals surface area contributed by atoms with Gasteiger partial charge >= 0.3 is 0 Å². The van der Waals surface area contributed by atoms with Gasteiger partial charge in [-0.3, -0.25) is 0 Å². The Balaban J connectivity index is 0.831. The van der Waals surface area contributed by atoms with Crippen molar-refractivity contribution in [3.63, 3.8) is 0 Å². The molecule has 2 atom stereocenters. The third-order valence-electron chi connectivity index (χ3n) is 14.7. The van der Waals surface area contributed by atoms with Gasteiger partial charge in [-0.2, -0.15) is 0 Å². The van der Waals surface area contributed by atoms with Crippen LogP contribution in [0.2, 0.25) is 0 Å². The molecule has 0 bridgehead atoms. The van der Waals surface area contributed by atoms with Crippen LogP contribution in [0, 0.1) is 0 Å². The maximum atomic E-state index is 5.24. The standard InChI is InChI=1S/C72H52N6/c1-5-20-49(21-6-1)53-28-14-36-61(43-53)67-73-68(62-37-15-29-54(44-62)50-22-7-2-8-23-50)76-71(75-67)65-40-18-34-59(47-65)57-32-13-33-58(42-57)60-35-19-41-66(48-60)72-77-69(63-38-16-30-55(45-63)51-24-9-3-10-25-51)74-70(78-72)64-39-17-31-56(46-64)52-26-11-4-12-27-52/h1-26,28-41,43-48,52,57H,27,42H2. The zero-order valence-electron chi connectivity index (χ0n) is 42.8. The van der Waals surface area contributed by atoms with Crippen molar-refractivity contribution < 1.29 is 0 Å². The number of rotatable bonds is 12. The molecule has 2 heterocycles. The van der Waals surface area contributed by atoms with E-state index in [1.165, 1.54) is 16.7 Å². The van der Waals surface area contributed by atoms with E-state index in [2.05, 4.69) is 261 Å². The second-order valence-corrected chi connectivity index (χ2v) is 19.8. The molecule has 370 valence electrons. The fourth-order valence-electron chi connectivity index (χ4n) is 10.6. The second kappa shape index (κ2) is 21.7. The van der Waals surface area contributed by atoms with Crippen LogP contribution in [0.4, 0.5) is 0 Å². The summed E-state index contributed by atoms with van der Waals surface area (Å²) in [6, 6.07) is 82.7. The Bertz CT molecular complexity index is 4000. The summed E-state index contributed by atoms with van der Waals surface area (Å²) in [4.78, 5) is 31.3. The number of allylic oxidation sites excluding steroid dienone is 8. The fourth-order valence-corrected chi connectivity index (χ4v) is 10.6. The monoisotopic (exact) mass is 1000 g/mol. The van der Waals surface area contributed by atoms with Gasteiger partial charge in [0.05, 0.1) is 0 Å². The summed E-state index contributed by atoms with van der Waals surface area (Å²) in [6.45, 7) is 0. The Morgan fingerprint density at radius 1 is 0.256 bits per heavy atom. The van der Waals surface area contributed by atoms with Crippen molar-refractivity contribution in [2.75, 3.05) is 0 Å². The van der Waals surface area contributed by atoms with Gasteiger partial charge in [0.1, 0.15) is 0 Å². The molecule has 6 heteroatoms. The summed E-state index contributed by atoms with van der Waals surface area (Å²) in [5.41, 5.74) is 17.0. The van der Waals surface area contributed by atoms with Gasteiger partial charge < -0.3 is 0 Å². The quantitative estimate of drug-likeness (QED) is 0.121. The van der Waals surface area contributed by atoms with E-state index >= 15 is 0 Å². The lowest BCUT2D eigenvalue weighted by molar-refractivity contribution is 0.854. The van der Waals surface area contributed by atoms with E-state index in [1.807, 2.05) is 18.2 Å². The average Bonchev–Trinajstić information content (AvgIpc) is 3.55. The van der Waals surface area contributed by atoms with Crippen molar-refractivity contribution in [3.8, 4) is 102 Å². The Hall–Kier alpha value is -10.0.